The maximum absolute atomic E-state index is 12.8. The Morgan fingerprint density at radius 1 is 0.586 bits per heavy atom. The van der Waals surface area contributed by atoms with Gasteiger partial charge in [0.1, 0.15) is 23.3 Å². The highest BCUT2D eigenvalue weighted by Gasteiger charge is 2.39. The second-order valence-electron chi connectivity index (χ2n) is 22.0. The summed E-state index contributed by atoms with van der Waals surface area (Å²) in [5.74, 6) is 1.28. The van der Waals surface area contributed by atoms with Crippen molar-refractivity contribution in [1.29, 1.82) is 10.5 Å². The number of carbonyl (C=O) groups is 2. The number of carbonyl (C=O) groups excluding carboxylic acids is 2. The summed E-state index contributed by atoms with van der Waals surface area (Å²) in [5, 5.41) is 27.9. The Balaban J connectivity index is 0.000000574. The quantitative estimate of drug-likeness (QED) is 0.0436. The number of allylic oxidation sites excluding steroid dienone is 2. The van der Waals surface area contributed by atoms with Crippen LogP contribution in [0.1, 0.15) is 103 Å². The fraction of sp³-hybridized carbons (Fsp3) is 0.623. The third kappa shape index (κ3) is 18.8. The highest BCUT2D eigenvalue weighted by Crippen LogP contribution is 2.51. The third-order valence-electron chi connectivity index (χ3n) is 11.7. The highest BCUT2D eigenvalue weighted by molar-refractivity contribution is 6.84. The molecule has 0 amide bonds. The van der Waals surface area contributed by atoms with Crippen LogP contribution in [0.15, 0.2) is 35.4 Å². The van der Waals surface area contributed by atoms with E-state index in [1.165, 1.54) is 6.04 Å². The molecule has 1 N–H and O–H groups in total. The van der Waals surface area contributed by atoms with E-state index in [0.717, 1.165) is 54.0 Å². The molecule has 0 atom stereocenters. The first kappa shape index (κ1) is 63.8. The number of nitriles is 2. The number of unbranched alkanes of at least 4 members (excludes halogenated alkanes) is 2. The molecule has 4 rings (SSSR count). The van der Waals surface area contributed by atoms with Crippen LogP contribution in [0, 0.1) is 22.7 Å². The van der Waals surface area contributed by atoms with Crippen molar-refractivity contribution in [2.45, 2.75) is 169 Å². The van der Waals surface area contributed by atoms with Crippen molar-refractivity contribution in [2.75, 3.05) is 48.3 Å². The van der Waals surface area contributed by atoms with Crippen molar-refractivity contribution in [2.24, 2.45) is 0 Å². The number of nitrogens with zero attached hydrogens (tertiary/aromatic N) is 2. The zero-order valence-corrected chi connectivity index (χ0v) is 49.5. The van der Waals surface area contributed by atoms with Crippen molar-refractivity contribution in [3.05, 3.63) is 57.7 Å². The van der Waals surface area contributed by atoms with Gasteiger partial charge in [0.15, 0.2) is 56.3 Å². The normalized spacial score (nSPS) is 15.9. The van der Waals surface area contributed by atoms with Crippen LogP contribution in [0.25, 0.3) is 11.1 Å². The van der Waals surface area contributed by atoms with Crippen molar-refractivity contribution < 1.29 is 51.3 Å². The molecule has 0 bridgehead atoms. The molecule has 392 valence electrons. The van der Waals surface area contributed by atoms with Crippen LogP contribution in [-0.2, 0) is 38.1 Å². The summed E-state index contributed by atoms with van der Waals surface area (Å²) in [5.41, 5.74) is 4.86. The van der Waals surface area contributed by atoms with E-state index in [2.05, 4.69) is 99.2 Å². The molecular weight excluding hydrogens is 953 g/mol. The molecule has 0 spiro atoms. The number of fused-ring (bicyclic) bond motifs is 2. The van der Waals surface area contributed by atoms with Gasteiger partial charge in [0.25, 0.3) is 0 Å². The smallest absolute Gasteiger partial charge is 0.349 e. The molecule has 0 aromatic heterocycles. The molecular formula is C53H88N2O11Si4. The fourth-order valence-electron chi connectivity index (χ4n) is 9.08. The number of benzene rings is 2. The molecule has 0 saturated heterocycles. The molecule has 0 unspecified atom stereocenters. The average molecular weight is 1040 g/mol. The van der Waals surface area contributed by atoms with E-state index in [-0.39, 0.29) is 36.0 Å². The Kier molecular flexibility index (Phi) is 24.6. The summed E-state index contributed by atoms with van der Waals surface area (Å²) in [4.78, 5) is 24.9. The van der Waals surface area contributed by atoms with E-state index in [1.54, 1.807) is 35.4 Å². The number of hydrogen-bond donors (Lipinski definition) is 1. The van der Waals surface area contributed by atoms with Crippen molar-refractivity contribution in [1.82, 2.24) is 0 Å². The van der Waals surface area contributed by atoms with Crippen LogP contribution < -0.4 is 18.9 Å². The van der Waals surface area contributed by atoms with Gasteiger partial charge in [0.2, 0.25) is 0 Å². The Hall–Kier alpha value is -4.21. The molecule has 0 fully saturated rings. The standard InChI is InChI=1S/C25H39NO5Si2.C18H21NO4.C9H24O2Si2.CH4/c1-25(2)16-19(18-14-22(28-3)23(29-4)15-21(18)25)20(17-26)24(27)30-12-10-11-13-33(8,9)31-32(5,6)7;1-6-23-17(20)13(10-19)12-9-18(2,3)14-8-16(22-5)15(21-4)7-11(12)14;1-12(2,3)11-13(4,5)9-7-6-8-10;/h14-15H,10-13,16H2,1-9H3;7-8H,6,9H2,1-5H3;10H,6-9H2,1-5H3;1H4/b20-19+;13-12+;;. The number of hydrogen-bond acceptors (Lipinski definition) is 13. The zero-order chi connectivity index (χ0) is 52.8. The molecule has 17 heteroatoms. The first-order chi connectivity index (χ1) is 31.9. The van der Waals surface area contributed by atoms with Gasteiger partial charge in [0.05, 0.1) is 41.7 Å². The topological polar surface area (TPSA) is 176 Å². The lowest BCUT2D eigenvalue weighted by molar-refractivity contribution is -0.139. The van der Waals surface area contributed by atoms with Gasteiger partial charge in [-0.2, -0.15) is 10.5 Å². The van der Waals surface area contributed by atoms with Crippen LogP contribution in [0.3, 0.4) is 0 Å². The molecule has 70 heavy (non-hydrogen) atoms. The van der Waals surface area contributed by atoms with Gasteiger partial charge in [-0.1, -0.05) is 48.0 Å². The fourth-order valence-corrected chi connectivity index (χ4v) is 25.4. The number of esters is 2. The molecule has 2 aromatic rings. The minimum absolute atomic E-state index is 0. The summed E-state index contributed by atoms with van der Waals surface area (Å²) >= 11 is 0. The lowest BCUT2D eigenvalue weighted by atomic mass is 9.86. The molecule has 0 heterocycles. The summed E-state index contributed by atoms with van der Waals surface area (Å²) in [6.07, 6.45) is 4.90. The molecule has 0 saturated carbocycles. The minimum atomic E-state index is -1.70. The van der Waals surface area contributed by atoms with E-state index in [4.69, 9.17) is 41.8 Å². The first-order valence-corrected chi connectivity index (χ1v) is 37.1. The first-order valence-electron chi connectivity index (χ1n) is 24.1. The lowest BCUT2D eigenvalue weighted by Crippen LogP contribution is -2.42. The van der Waals surface area contributed by atoms with E-state index in [0.29, 0.717) is 60.2 Å². The van der Waals surface area contributed by atoms with E-state index >= 15 is 0 Å². The maximum atomic E-state index is 12.8. The number of aliphatic hydroxyl groups is 1. The predicted octanol–water partition coefficient (Wildman–Crippen LogP) is 12.7. The minimum Gasteiger partial charge on any atom is -0.493 e. The number of rotatable bonds is 20. The summed E-state index contributed by atoms with van der Waals surface area (Å²) in [6.45, 7) is 33.4. The van der Waals surface area contributed by atoms with E-state index in [1.807, 2.05) is 30.3 Å². The van der Waals surface area contributed by atoms with Gasteiger partial charge in [-0.05, 0) is 179 Å². The van der Waals surface area contributed by atoms with Crippen LogP contribution in [0.4, 0.5) is 0 Å². The van der Waals surface area contributed by atoms with Crippen LogP contribution in [-0.4, -0.2) is 98.6 Å². The number of aliphatic hydroxyl groups excluding tert-OH is 1. The summed E-state index contributed by atoms with van der Waals surface area (Å²) in [6, 6.07) is 13.9. The third-order valence-corrected chi connectivity index (χ3v) is 24.1. The largest absolute Gasteiger partial charge is 0.493 e. The number of ether oxygens (including phenoxy) is 6. The van der Waals surface area contributed by atoms with Crippen molar-refractivity contribution in [3.8, 4) is 35.1 Å². The SMILES string of the molecule is C.CCOC(=O)/C(C#N)=C1\CC(C)(C)c2cc(OC)c(OC)cc21.COc1cc2c(cc1OC)C(C)(C)C/C2=C(/C#N)C(=O)OCCCC[Si](C)(C)O[Si](C)(C)C.C[Si](C)(C)O[Si](C)(C)CCCCO. The highest BCUT2D eigenvalue weighted by atomic mass is 28.4. The Morgan fingerprint density at radius 3 is 1.24 bits per heavy atom. The predicted molar refractivity (Wildman–Crippen MR) is 293 cm³/mol. The zero-order valence-electron chi connectivity index (χ0n) is 45.5. The van der Waals surface area contributed by atoms with Gasteiger partial charge in [-0.25, -0.2) is 9.59 Å². The second-order valence-corrected chi connectivity index (χ2v) is 40.1. The summed E-state index contributed by atoms with van der Waals surface area (Å²) < 4.78 is 44.7. The Bertz CT molecular complexity index is 2240. The molecule has 2 aliphatic carbocycles. The van der Waals surface area contributed by atoms with Crippen molar-refractivity contribution >= 4 is 56.4 Å². The van der Waals surface area contributed by atoms with Crippen LogP contribution >= 0.6 is 0 Å². The van der Waals surface area contributed by atoms with Gasteiger partial charge >= 0.3 is 11.9 Å². The summed E-state index contributed by atoms with van der Waals surface area (Å²) in [7, 11) is 0.289. The van der Waals surface area contributed by atoms with Gasteiger partial charge in [0, 0.05) is 6.61 Å². The molecule has 13 nitrogen and oxygen atoms in total. The van der Waals surface area contributed by atoms with Crippen LogP contribution in [0.2, 0.25) is 77.6 Å². The maximum Gasteiger partial charge on any atom is 0.349 e. The Labute approximate surface area is 426 Å². The van der Waals surface area contributed by atoms with Gasteiger partial charge in [-0.15, -0.1) is 0 Å². The molecule has 2 aromatic carbocycles. The van der Waals surface area contributed by atoms with Gasteiger partial charge < -0.3 is 41.8 Å². The van der Waals surface area contributed by atoms with E-state index < -0.39 is 45.2 Å². The van der Waals surface area contributed by atoms with E-state index in [9.17, 15) is 20.1 Å². The lowest BCUT2D eigenvalue weighted by Gasteiger charge is -2.31. The second kappa shape index (κ2) is 27.0. The van der Waals surface area contributed by atoms with Crippen LogP contribution in [0.5, 0.6) is 23.0 Å². The Morgan fingerprint density at radius 2 is 0.929 bits per heavy atom. The van der Waals surface area contributed by atoms with Gasteiger partial charge in [-0.3, -0.25) is 0 Å². The van der Waals surface area contributed by atoms with Crippen molar-refractivity contribution in [3.63, 3.8) is 0 Å². The average Bonchev–Trinajstić information content (AvgIpc) is 3.64. The molecule has 2 aliphatic rings. The monoisotopic (exact) mass is 1040 g/mol. The molecule has 0 aliphatic heterocycles. The molecule has 0 radical (unpaired) electrons. The number of methoxy groups -OCH3 is 4.